The number of ether oxygens (including phenoxy) is 1. The first-order valence-corrected chi connectivity index (χ1v) is 7.03. The molecule has 4 nitrogen and oxygen atoms in total. The zero-order valence-electron chi connectivity index (χ0n) is 8.76. The Morgan fingerprint density at radius 1 is 1.50 bits per heavy atom. The molecule has 0 saturated heterocycles. The first kappa shape index (κ1) is 13.3. The molecule has 6 heteroatoms. The third-order valence-electron chi connectivity index (χ3n) is 1.85. The molecule has 1 atom stereocenters. The van der Waals surface area contributed by atoms with E-state index in [4.69, 9.17) is 16.3 Å². The van der Waals surface area contributed by atoms with E-state index in [2.05, 4.69) is 0 Å². The van der Waals surface area contributed by atoms with E-state index < -0.39 is 15.9 Å². The Morgan fingerprint density at radius 2 is 2.19 bits per heavy atom. The third kappa shape index (κ3) is 4.00. The van der Waals surface area contributed by atoms with Gasteiger partial charge in [0.25, 0.3) is 0 Å². The van der Waals surface area contributed by atoms with Gasteiger partial charge in [0.05, 0.1) is 10.8 Å². The van der Waals surface area contributed by atoms with Gasteiger partial charge in [-0.2, -0.15) is 0 Å². The third-order valence-corrected chi connectivity index (χ3v) is 3.32. The molecule has 0 aliphatic carbocycles. The highest BCUT2D eigenvalue weighted by molar-refractivity contribution is 7.90. The molecule has 0 bridgehead atoms. The van der Waals surface area contributed by atoms with Crippen LogP contribution in [0.5, 0.6) is 5.75 Å². The standard InChI is InChI=1S/C10H13ClO4S/c1-16(13,14)10-4-2-3-9(5-10)15-7-8(12)6-11/h2-5,8,12H,6-7H2,1H3. The van der Waals surface area contributed by atoms with E-state index in [1.165, 1.54) is 12.1 Å². The van der Waals surface area contributed by atoms with Crippen molar-refractivity contribution >= 4 is 21.4 Å². The van der Waals surface area contributed by atoms with Crippen LogP contribution in [0.25, 0.3) is 0 Å². The lowest BCUT2D eigenvalue weighted by atomic mass is 10.3. The molecule has 16 heavy (non-hydrogen) atoms. The minimum absolute atomic E-state index is 0.0384. The summed E-state index contributed by atoms with van der Waals surface area (Å²) < 4.78 is 27.7. The van der Waals surface area contributed by atoms with Crippen molar-refractivity contribution in [1.29, 1.82) is 0 Å². The lowest BCUT2D eigenvalue weighted by Gasteiger charge is -2.10. The smallest absolute Gasteiger partial charge is 0.175 e. The maximum absolute atomic E-state index is 11.3. The van der Waals surface area contributed by atoms with Crippen LogP contribution in [-0.4, -0.2) is 38.4 Å². The quantitative estimate of drug-likeness (QED) is 0.808. The average molecular weight is 265 g/mol. The molecule has 0 saturated carbocycles. The van der Waals surface area contributed by atoms with Crippen molar-refractivity contribution in [2.45, 2.75) is 11.0 Å². The number of hydrogen-bond donors (Lipinski definition) is 1. The Kier molecular flexibility index (Phi) is 4.58. The van der Waals surface area contributed by atoms with Gasteiger partial charge in [0, 0.05) is 6.26 Å². The molecule has 0 aromatic heterocycles. The first-order chi connectivity index (χ1) is 7.43. The molecule has 0 radical (unpaired) electrons. The van der Waals surface area contributed by atoms with Gasteiger partial charge in [-0.15, -0.1) is 11.6 Å². The highest BCUT2D eigenvalue weighted by atomic mass is 35.5. The molecule has 0 aliphatic rings. The molecule has 0 amide bonds. The van der Waals surface area contributed by atoms with Crippen molar-refractivity contribution < 1.29 is 18.3 Å². The van der Waals surface area contributed by atoms with Crippen LogP contribution in [0.4, 0.5) is 0 Å². The van der Waals surface area contributed by atoms with Crippen LogP contribution in [0.1, 0.15) is 0 Å². The first-order valence-electron chi connectivity index (χ1n) is 4.60. The zero-order chi connectivity index (χ0) is 12.2. The lowest BCUT2D eigenvalue weighted by molar-refractivity contribution is 0.125. The molecule has 90 valence electrons. The number of sulfone groups is 1. The van der Waals surface area contributed by atoms with Gasteiger partial charge in [0.2, 0.25) is 0 Å². The van der Waals surface area contributed by atoms with Crippen LogP contribution in [-0.2, 0) is 9.84 Å². The van der Waals surface area contributed by atoms with Crippen molar-refractivity contribution in [3.8, 4) is 5.75 Å². The fourth-order valence-corrected chi connectivity index (χ4v) is 1.78. The van der Waals surface area contributed by atoms with Gasteiger partial charge in [-0.3, -0.25) is 0 Å². The molecular weight excluding hydrogens is 252 g/mol. The second-order valence-electron chi connectivity index (χ2n) is 3.37. The number of benzene rings is 1. The van der Waals surface area contributed by atoms with E-state index in [1.54, 1.807) is 12.1 Å². The molecule has 1 rings (SSSR count). The number of halogens is 1. The van der Waals surface area contributed by atoms with Gasteiger partial charge in [0.1, 0.15) is 18.5 Å². The topological polar surface area (TPSA) is 63.6 Å². The Bertz CT molecular complexity index is 444. The van der Waals surface area contributed by atoms with E-state index in [9.17, 15) is 13.5 Å². The normalized spacial score (nSPS) is 13.4. The summed E-state index contributed by atoms with van der Waals surface area (Å²) in [6.07, 6.45) is 0.364. The molecule has 0 spiro atoms. The number of aliphatic hydroxyl groups is 1. The van der Waals surface area contributed by atoms with Gasteiger partial charge < -0.3 is 9.84 Å². The van der Waals surface area contributed by atoms with Gasteiger partial charge in [-0.1, -0.05) is 6.07 Å². The molecule has 1 unspecified atom stereocenters. The van der Waals surface area contributed by atoms with Crippen LogP contribution in [0.3, 0.4) is 0 Å². The monoisotopic (exact) mass is 264 g/mol. The van der Waals surface area contributed by atoms with Gasteiger partial charge in [0.15, 0.2) is 9.84 Å². The van der Waals surface area contributed by atoms with Crippen molar-refractivity contribution in [2.24, 2.45) is 0 Å². The molecule has 0 aliphatic heterocycles. The summed E-state index contributed by atoms with van der Waals surface area (Å²) in [4.78, 5) is 0.186. The average Bonchev–Trinajstić information content (AvgIpc) is 2.25. The van der Waals surface area contributed by atoms with E-state index in [-0.39, 0.29) is 17.4 Å². The number of alkyl halides is 1. The summed E-state index contributed by atoms with van der Waals surface area (Å²) >= 11 is 5.40. The maximum Gasteiger partial charge on any atom is 0.175 e. The molecule has 1 aromatic carbocycles. The number of aliphatic hydroxyl groups excluding tert-OH is 1. The van der Waals surface area contributed by atoms with Crippen LogP contribution in [0, 0.1) is 0 Å². The molecule has 1 aromatic rings. The van der Waals surface area contributed by atoms with Crippen LogP contribution in [0.2, 0.25) is 0 Å². The summed E-state index contributed by atoms with van der Waals surface area (Å²) in [6, 6.07) is 6.10. The Balaban J connectivity index is 2.76. The lowest BCUT2D eigenvalue weighted by Crippen LogP contribution is -2.18. The molecule has 0 fully saturated rings. The zero-order valence-corrected chi connectivity index (χ0v) is 10.3. The van der Waals surface area contributed by atoms with Crippen molar-refractivity contribution in [3.63, 3.8) is 0 Å². The SMILES string of the molecule is CS(=O)(=O)c1cccc(OCC(O)CCl)c1. The summed E-state index contributed by atoms with van der Waals surface area (Å²) in [7, 11) is -3.24. The Labute approximate surface area is 99.7 Å². The summed E-state index contributed by atoms with van der Waals surface area (Å²) in [5, 5.41) is 9.17. The highest BCUT2D eigenvalue weighted by Gasteiger charge is 2.08. The molecular formula is C10H13ClO4S. The van der Waals surface area contributed by atoms with E-state index in [1.807, 2.05) is 0 Å². The van der Waals surface area contributed by atoms with Gasteiger partial charge >= 0.3 is 0 Å². The summed E-state index contributed by atoms with van der Waals surface area (Å²) in [5.74, 6) is 0.471. The van der Waals surface area contributed by atoms with Crippen LogP contribution < -0.4 is 4.74 Å². The summed E-state index contributed by atoms with van der Waals surface area (Å²) in [5.41, 5.74) is 0. The van der Waals surface area contributed by atoms with Crippen molar-refractivity contribution in [3.05, 3.63) is 24.3 Å². The molecule has 1 N–H and O–H groups in total. The van der Waals surface area contributed by atoms with Crippen molar-refractivity contribution in [2.75, 3.05) is 18.7 Å². The Hall–Kier alpha value is -0.780. The maximum atomic E-state index is 11.3. The predicted octanol–water partition coefficient (Wildman–Crippen LogP) is 1.07. The fraction of sp³-hybridized carbons (Fsp3) is 0.400. The van der Waals surface area contributed by atoms with Crippen LogP contribution in [0.15, 0.2) is 29.2 Å². The van der Waals surface area contributed by atoms with E-state index in [0.717, 1.165) is 6.26 Å². The van der Waals surface area contributed by atoms with Gasteiger partial charge in [-0.05, 0) is 18.2 Å². The van der Waals surface area contributed by atoms with E-state index in [0.29, 0.717) is 5.75 Å². The van der Waals surface area contributed by atoms with Crippen LogP contribution >= 0.6 is 11.6 Å². The molecule has 0 heterocycles. The number of rotatable bonds is 5. The predicted molar refractivity (Wildman–Crippen MR) is 61.8 cm³/mol. The number of hydrogen-bond acceptors (Lipinski definition) is 4. The van der Waals surface area contributed by atoms with E-state index >= 15 is 0 Å². The minimum Gasteiger partial charge on any atom is -0.491 e. The largest absolute Gasteiger partial charge is 0.491 e. The highest BCUT2D eigenvalue weighted by Crippen LogP contribution is 2.17. The summed E-state index contributed by atoms with van der Waals surface area (Å²) in [6.45, 7) is 0.0384. The fourth-order valence-electron chi connectivity index (χ4n) is 1.03. The second-order valence-corrected chi connectivity index (χ2v) is 5.69. The minimum atomic E-state index is -3.24. The Morgan fingerprint density at radius 3 is 2.75 bits per heavy atom. The van der Waals surface area contributed by atoms with Crippen molar-refractivity contribution in [1.82, 2.24) is 0 Å². The van der Waals surface area contributed by atoms with Gasteiger partial charge in [-0.25, -0.2) is 8.42 Å². The second kappa shape index (κ2) is 5.52.